The van der Waals surface area contributed by atoms with Crippen molar-refractivity contribution in [2.75, 3.05) is 23.3 Å². The molecule has 0 aliphatic heterocycles. The minimum atomic E-state index is 0.706. The average molecular weight is 304 g/mol. The van der Waals surface area contributed by atoms with Crippen LogP contribution in [0.4, 0.5) is 11.5 Å². The van der Waals surface area contributed by atoms with Gasteiger partial charge in [-0.2, -0.15) is 0 Å². The molecule has 2 rings (SSSR count). The van der Waals surface area contributed by atoms with Gasteiger partial charge in [0.25, 0.3) is 0 Å². The second kappa shape index (κ2) is 7.32. The molecule has 4 heteroatoms. The maximum Gasteiger partial charge on any atom is 0.126 e. The van der Waals surface area contributed by atoms with Gasteiger partial charge in [-0.3, -0.25) is 0 Å². The Morgan fingerprint density at radius 2 is 2.00 bits per heavy atom. The number of hydrogen-bond donors (Lipinski definition) is 1. The summed E-state index contributed by atoms with van der Waals surface area (Å²) >= 11 is 6.30. The lowest BCUT2D eigenvalue weighted by Gasteiger charge is -2.24. The first-order valence-corrected chi connectivity index (χ1v) is 7.72. The third-order valence-corrected chi connectivity index (χ3v) is 3.71. The molecule has 0 unspecified atom stereocenters. The van der Waals surface area contributed by atoms with Gasteiger partial charge in [-0.1, -0.05) is 23.7 Å². The van der Waals surface area contributed by atoms with Crippen molar-refractivity contribution in [1.82, 2.24) is 4.98 Å². The van der Waals surface area contributed by atoms with E-state index in [1.165, 1.54) is 11.3 Å². The Balaban J connectivity index is 2.24. The number of nitrogens with zero attached hydrogens (tertiary/aromatic N) is 2. The van der Waals surface area contributed by atoms with Crippen LogP contribution in [0.25, 0.3) is 0 Å². The zero-order valence-electron chi connectivity index (χ0n) is 12.9. The SMILES string of the molecule is CCNc1ccc(Cl)c(CN(CC)c2cccc(C)c2)n1. The van der Waals surface area contributed by atoms with E-state index in [4.69, 9.17) is 11.6 Å². The zero-order chi connectivity index (χ0) is 15.2. The highest BCUT2D eigenvalue weighted by Crippen LogP contribution is 2.22. The lowest BCUT2D eigenvalue weighted by atomic mass is 10.2. The second-order valence-electron chi connectivity index (χ2n) is 5.01. The quantitative estimate of drug-likeness (QED) is 0.851. The number of pyridine rings is 1. The monoisotopic (exact) mass is 303 g/mol. The summed E-state index contributed by atoms with van der Waals surface area (Å²) in [6.07, 6.45) is 0. The first-order chi connectivity index (χ1) is 10.1. The fourth-order valence-corrected chi connectivity index (χ4v) is 2.43. The first-order valence-electron chi connectivity index (χ1n) is 7.35. The van der Waals surface area contributed by atoms with Crippen molar-refractivity contribution in [3.8, 4) is 0 Å². The smallest absolute Gasteiger partial charge is 0.126 e. The Morgan fingerprint density at radius 3 is 2.67 bits per heavy atom. The van der Waals surface area contributed by atoms with Crippen LogP contribution in [0.5, 0.6) is 0 Å². The molecule has 0 amide bonds. The van der Waals surface area contributed by atoms with E-state index >= 15 is 0 Å². The summed E-state index contributed by atoms with van der Waals surface area (Å²) in [5.41, 5.74) is 3.36. The normalized spacial score (nSPS) is 10.5. The van der Waals surface area contributed by atoms with Crippen molar-refractivity contribution in [3.05, 3.63) is 52.7 Å². The Hall–Kier alpha value is -1.74. The number of anilines is 2. The van der Waals surface area contributed by atoms with E-state index in [9.17, 15) is 0 Å². The molecule has 0 saturated carbocycles. The number of halogens is 1. The second-order valence-corrected chi connectivity index (χ2v) is 5.42. The fourth-order valence-electron chi connectivity index (χ4n) is 2.27. The van der Waals surface area contributed by atoms with Crippen molar-refractivity contribution >= 4 is 23.1 Å². The highest BCUT2D eigenvalue weighted by atomic mass is 35.5. The molecule has 1 heterocycles. The maximum atomic E-state index is 6.30. The van der Waals surface area contributed by atoms with Crippen LogP contribution < -0.4 is 10.2 Å². The molecule has 0 radical (unpaired) electrons. The molecule has 1 N–H and O–H groups in total. The van der Waals surface area contributed by atoms with E-state index in [0.29, 0.717) is 11.6 Å². The summed E-state index contributed by atoms with van der Waals surface area (Å²) in [5, 5.41) is 3.94. The van der Waals surface area contributed by atoms with Gasteiger partial charge in [0.05, 0.1) is 17.3 Å². The summed E-state index contributed by atoms with van der Waals surface area (Å²) in [6, 6.07) is 12.3. The van der Waals surface area contributed by atoms with Crippen LogP contribution in [0.2, 0.25) is 5.02 Å². The molecule has 0 aliphatic rings. The topological polar surface area (TPSA) is 28.2 Å². The molecule has 21 heavy (non-hydrogen) atoms. The van der Waals surface area contributed by atoms with Crippen LogP contribution in [0, 0.1) is 6.92 Å². The van der Waals surface area contributed by atoms with Gasteiger partial charge in [0.2, 0.25) is 0 Å². The number of rotatable bonds is 6. The highest BCUT2D eigenvalue weighted by molar-refractivity contribution is 6.31. The molecule has 0 spiro atoms. The molecule has 0 bridgehead atoms. The number of aromatic nitrogens is 1. The largest absolute Gasteiger partial charge is 0.370 e. The lowest BCUT2D eigenvalue weighted by molar-refractivity contribution is 0.809. The van der Waals surface area contributed by atoms with Gasteiger partial charge in [0, 0.05) is 18.8 Å². The van der Waals surface area contributed by atoms with E-state index in [2.05, 4.69) is 60.2 Å². The summed E-state index contributed by atoms with van der Waals surface area (Å²) in [4.78, 5) is 6.89. The van der Waals surface area contributed by atoms with Crippen molar-refractivity contribution in [1.29, 1.82) is 0 Å². The molecule has 3 nitrogen and oxygen atoms in total. The first kappa shape index (κ1) is 15.6. The average Bonchev–Trinajstić information content (AvgIpc) is 2.48. The Labute approximate surface area is 132 Å². The van der Waals surface area contributed by atoms with Crippen LogP contribution in [0.15, 0.2) is 36.4 Å². The van der Waals surface area contributed by atoms with Crippen molar-refractivity contribution in [3.63, 3.8) is 0 Å². The summed E-state index contributed by atoms with van der Waals surface area (Å²) in [5.74, 6) is 0.872. The van der Waals surface area contributed by atoms with Crippen LogP contribution in [-0.2, 0) is 6.54 Å². The molecule has 0 fully saturated rings. The Kier molecular flexibility index (Phi) is 5.45. The van der Waals surface area contributed by atoms with Gasteiger partial charge >= 0.3 is 0 Å². The Morgan fingerprint density at radius 1 is 1.19 bits per heavy atom. The predicted octanol–water partition coefficient (Wildman–Crippen LogP) is 4.50. The summed E-state index contributed by atoms with van der Waals surface area (Å²) in [6.45, 7) is 8.77. The van der Waals surface area contributed by atoms with Crippen LogP contribution >= 0.6 is 11.6 Å². The summed E-state index contributed by atoms with van der Waals surface area (Å²) in [7, 11) is 0. The van der Waals surface area contributed by atoms with Gasteiger partial charge in [0.15, 0.2) is 0 Å². The molecular formula is C17H22ClN3. The van der Waals surface area contributed by atoms with Crippen LogP contribution in [-0.4, -0.2) is 18.1 Å². The number of benzene rings is 1. The standard InChI is InChI=1S/C17H22ClN3/c1-4-19-17-10-9-15(18)16(20-17)12-21(5-2)14-8-6-7-13(3)11-14/h6-11H,4-5,12H2,1-3H3,(H,19,20). The number of nitrogens with one attached hydrogen (secondary N) is 1. The van der Waals surface area contributed by atoms with Crippen molar-refractivity contribution in [2.24, 2.45) is 0 Å². The van der Waals surface area contributed by atoms with Gasteiger partial charge in [0.1, 0.15) is 5.82 Å². The molecule has 0 aliphatic carbocycles. The van der Waals surface area contributed by atoms with E-state index in [1.54, 1.807) is 0 Å². The van der Waals surface area contributed by atoms with Crippen molar-refractivity contribution < 1.29 is 0 Å². The minimum Gasteiger partial charge on any atom is -0.370 e. The number of aryl methyl sites for hydroxylation is 1. The van der Waals surface area contributed by atoms with Crippen molar-refractivity contribution in [2.45, 2.75) is 27.3 Å². The van der Waals surface area contributed by atoms with E-state index < -0.39 is 0 Å². The molecular weight excluding hydrogens is 282 g/mol. The Bertz CT molecular complexity index is 598. The van der Waals surface area contributed by atoms with Gasteiger partial charge in [-0.05, 0) is 50.6 Å². The highest BCUT2D eigenvalue weighted by Gasteiger charge is 2.10. The van der Waals surface area contributed by atoms with E-state index in [0.717, 1.165) is 24.6 Å². The van der Waals surface area contributed by atoms with E-state index in [1.807, 2.05) is 12.1 Å². The molecule has 0 atom stereocenters. The summed E-state index contributed by atoms with van der Waals surface area (Å²) < 4.78 is 0. The van der Waals surface area contributed by atoms with Gasteiger partial charge in [-0.25, -0.2) is 4.98 Å². The molecule has 1 aromatic carbocycles. The maximum absolute atomic E-state index is 6.30. The third-order valence-electron chi connectivity index (χ3n) is 3.37. The fraction of sp³-hybridized carbons (Fsp3) is 0.353. The predicted molar refractivity (Wildman–Crippen MR) is 91.3 cm³/mol. The lowest BCUT2D eigenvalue weighted by Crippen LogP contribution is -2.23. The number of hydrogen-bond acceptors (Lipinski definition) is 3. The van der Waals surface area contributed by atoms with Crippen LogP contribution in [0.1, 0.15) is 25.1 Å². The van der Waals surface area contributed by atoms with Gasteiger partial charge < -0.3 is 10.2 Å². The van der Waals surface area contributed by atoms with Gasteiger partial charge in [-0.15, -0.1) is 0 Å². The minimum absolute atomic E-state index is 0.706. The molecule has 2 aromatic rings. The third kappa shape index (κ3) is 4.11. The molecule has 0 saturated heterocycles. The van der Waals surface area contributed by atoms with Crippen LogP contribution in [0.3, 0.4) is 0 Å². The molecule has 112 valence electrons. The zero-order valence-corrected chi connectivity index (χ0v) is 13.6. The molecule has 1 aromatic heterocycles. The van der Waals surface area contributed by atoms with E-state index in [-0.39, 0.29) is 0 Å².